The van der Waals surface area contributed by atoms with Gasteiger partial charge in [0.05, 0.1) is 0 Å². The Labute approximate surface area is 106 Å². The molecule has 0 atom stereocenters. The zero-order chi connectivity index (χ0) is 13.1. The van der Waals surface area contributed by atoms with E-state index in [4.69, 9.17) is 0 Å². The predicted molar refractivity (Wildman–Crippen MR) is 69.4 cm³/mol. The molecular formula is C14H16N2O2. The van der Waals surface area contributed by atoms with Crippen LogP contribution < -0.4 is 5.32 Å². The second kappa shape index (κ2) is 4.96. The highest BCUT2D eigenvalue weighted by Crippen LogP contribution is 2.16. The van der Waals surface area contributed by atoms with E-state index in [1.807, 2.05) is 30.1 Å². The molecule has 2 rings (SSSR count). The maximum absolute atomic E-state index is 11.9. The topological polar surface area (TPSA) is 54.3 Å². The zero-order valence-corrected chi connectivity index (χ0v) is 10.5. The van der Waals surface area contributed by atoms with Crippen molar-refractivity contribution in [2.45, 2.75) is 13.5 Å². The van der Waals surface area contributed by atoms with E-state index < -0.39 is 0 Å². The van der Waals surface area contributed by atoms with Crippen molar-refractivity contribution in [1.82, 2.24) is 9.88 Å². The van der Waals surface area contributed by atoms with Gasteiger partial charge in [-0.25, -0.2) is 0 Å². The Morgan fingerprint density at radius 2 is 2.17 bits per heavy atom. The highest BCUT2D eigenvalue weighted by molar-refractivity contribution is 5.94. The molecule has 0 aliphatic heterocycles. The Morgan fingerprint density at radius 3 is 2.78 bits per heavy atom. The Hall–Kier alpha value is -2.23. The third-order valence-corrected chi connectivity index (χ3v) is 2.81. The van der Waals surface area contributed by atoms with Crippen LogP contribution in [0.15, 0.2) is 36.7 Å². The molecular weight excluding hydrogens is 228 g/mol. The van der Waals surface area contributed by atoms with E-state index >= 15 is 0 Å². The van der Waals surface area contributed by atoms with Gasteiger partial charge >= 0.3 is 0 Å². The van der Waals surface area contributed by atoms with Crippen molar-refractivity contribution in [2.24, 2.45) is 7.05 Å². The minimum Gasteiger partial charge on any atom is -0.508 e. The molecule has 0 fully saturated rings. The molecule has 0 radical (unpaired) electrons. The van der Waals surface area contributed by atoms with Gasteiger partial charge in [0.2, 0.25) is 0 Å². The van der Waals surface area contributed by atoms with E-state index in [1.165, 1.54) is 6.07 Å². The highest BCUT2D eigenvalue weighted by Gasteiger charge is 2.07. The zero-order valence-electron chi connectivity index (χ0n) is 10.5. The highest BCUT2D eigenvalue weighted by atomic mass is 16.3. The lowest BCUT2D eigenvalue weighted by Gasteiger charge is -2.05. The first-order valence-electron chi connectivity index (χ1n) is 5.75. The number of nitrogens with one attached hydrogen (secondary N) is 1. The number of amides is 1. The molecule has 0 saturated heterocycles. The fourth-order valence-electron chi connectivity index (χ4n) is 1.75. The van der Waals surface area contributed by atoms with Crippen LogP contribution in [0.1, 0.15) is 21.5 Å². The van der Waals surface area contributed by atoms with Crippen molar-refractivity contribution in [3.8, 4) is 5.75 Å². The third kappa shape index (κ3) is 2.71. The number of carbonyl (C=O) groups excluding carboxylic acids is 1. The predicted octanol–water partition coefficient (Wildman–Crippen LogP) is 1.97. The Bertz CT molecular complexity index is 573. The molecule has 4 heteroatoms. The van der Waals surface area contributed by atoms with E-state index in [1.54, 1.807) is 19.1 Å². The van der Waals surface area contributed by atoms with Crippen LogP contribution >= 0.6 is 0 Å². The second-order valence-electron chi connectivity index (χ2n) is 4.37. The fraction of sp³-hybridized carbons (Fsp3) is 0.214. The van der Waals surface area contributed by atoms with Crippen LogP contribution in [0.2, 0.25) is 0 Å². The molecule has 2 N–H and O–H groups in total. The first kappa shape index (κ1) is 12.2. The van der Waals surface area contributed by atoms with E-state index in [0.717, 1.165) is 5.56 Å². The number of benzene rings is 1. The van der Waals surface area contributed by atoms with Gasteiger partial charge in [-0.05, 0) is 42.3 Å². The molecule has 1 amide bonds. The summed E-state index contributed by atoms with van der Waals surface area (Å²) in [5.74, 6) is 0.0663. The first-order valence-corrected chi connectivity index (χ1v) is 5.75. The summed E-state index contributed by atoms with van der Waals surface area (Å²) < 4.78 is 1.94. The number of hydrogen-bond acceptors (Lipinski definition) is 2. The lowest BCUT2D eigenvalue weighted by atomic mass is 10.1. The van der Waals surface area contributed by atoms with Gasteiger partial charge in [-0.1, -0.05) is 0 Å². The maximum Gasteiger partial charge on any atom is 0.251 e. The second-order valence-corrected chi connectivity index (χ2v) is 4.37. The molecule has 94 valence electrons. The summed E-state index contributed by atoms with van der Waals surface area (Å²) in [4.78, 5) is 11.9. The Morgan fingerprint density at radius 1 is 1.39 bits per heavy atom. The van der Waals surface area contributed by atoms with Crippen molar-refractivity contribution < 1.29 is 9.90 Å². The standard InChI is InChI=1S/C14H16N2O2/c1-10-7-12(3-4-13(10)17)14(18)15-8-11-5-6-16(2)9-11/h3-7,9,17H,8H2,1-2H3,(H,15,18). The van der Waals surface area contributed by atoms with Crippen LogP contribution in [-0.2, 0) is 13.6 Å². The quantitative estimate of drug-likeness (QED) is 0.867. The van der Waals surface area contributed by atoms with Gasteiger partial charge in [-0.3, -0.25) is 4.79 Å². The minimum atomic E-state index is -0.137. The van der Waals surface area contributed by atoms with Crippen LogP contribution in [0.25, 0.3) is 0 Å². The molecule has 18 heavy (non-hydrogen) atoms. The molecule has 2 aromatic rings. The number of hydrogen-bond donors (Lipinski definition) is 2. The summed E-state index contributed by atoms with van der Waals surface area (Å²) in [6, 6.07) is 6.79. The van der Waals surface area contributed by atoms with Gasteiger partial charge in [0.15, 0.2) is 0 Å². The average Bonchev–Trinajstić information content (AvgIpc) is 2.75. The van der Waals surface area contributed by atoms with Gasteiger partial charge < -0.3 is 15.0 Å². The molecule has 0 saturated carbocycles. The van der Waals surface area contributed by atoms with Crippen LogP contribution in [-0.4, -0.2) is 15.6 Å². The average molecular weight is 244 g/mol. The summed E-state index contributed by atoms with van der Waals surface area (Å²) >= 11 is 0. The number of rotatable bonds is 3. The summed E-state index contributed by atoms with van der Waals surface area (Å²) in [5.41, 5.74) is 2.31. The van der Waals surface area contributed by atoms with Crippen molar-refractivity contribution in [1.29, 1.82) is 0 Å². The van der Waals surface area contributed by atoms with Crippen LogP contribution in [0.5, 0.6) is 5.75 Å². The summed E-state index contributed by atoms with van der Waals surface area (Å²) in [5, 5.41) is 12.2. The monoisotopic (exact) mass is 244 g/mol. The SMILES string of the molecule is Cc1cc(C(=O)NCc2ccn(C)c2)ccc1O. The number of aromatic nitrogens is 1. The number of aromatic hydroxyl groups is 1. The minimum absolute atomic E-state index is 0.137. The largest absolute Gasteiger partial charge is 0.508 e. The molecule has 1 heterocycles. The number of phenols is 1. The van der Waals surface area contributed by atoms with Crippen LogP contribution in [0.3, 0.4) is 0 Å². The lowest BCUT2D eigenvalue weighted by molar-refractivity contribution is 0.0951. The number of phenolic OH excluding ortho intramolecular Hbond substituents is 1. The van der Waals surface area contributed by atoms with Gasteiger partial charge in [-0.15, -0.1) is 0 Å². The molecule has 1 aromatic carbocycles. The molecule has 0 unspecified atom stereocenters. The van der Waals surface area contributed by atoms with Gasteiger partial charge in [0.25, 0.3) is 5.91 Å². The van der Waals surface area contributed by atoms with E-state index in [-0.39, 0.29) is 11.7 Å². The third-order valence-electron chi connectivity index (χ3n) is 2.81. The fourth-order valence-corrected chi connectivity index (χ4v) is 1.75. The smallest absolute Gasteiger partial charge is 0.251 e. The first-order chi connectivity index (χ1) is 8.56. The van der Waals surface area contributed by atoms with Crippen molar-refractivity contribution >= 4 is 5.91 Å². The van der Waals surface area contributed by atoms with E-state index in [0.29, 0.717) is 17.7 Å². The van der Waals surface area contributed by atoms with Crippen LogP contribution in [0, 0.1) is 6.92 Å². The molecule has 4 nitrogen and oxygen atoms in total. The summed E-state index contributed by atoms with van der Waals surface area (Å²) in [6.07, 6.45) is 3.90. The van der Waals surface area contributed by atoms with Gasteiger partial charge in [0.1, 0.15) is 5.75 Å². The van der Waals surface area contributed by atoms with Gasteiger partial charge in [-0.2, -0.15) is 0 Å². The summed E-state index contributed by atoms with van der Waals surface area (Å²) in [6.45, 7) is 2.27. The lowest BCUT2D eigenvalue weighted by Crippen LogP contribution is -2.22. The molecule has 1 aromatic heterocycles. The van der Waals surface area contributed by atoms with Crippen LogP contribution in [0.4, 0.5) is 0 Å². The number of carbonyl (C=O) groups is 1. The Balaban J connectivity index is 2.01. The normalized spacial score (nSPS) is 10.3. The van der Waals surface area contributed by atoms with Crippen molar-refractivity contribution in [3.05, 3.63) is 53.3 Å². The number of aryl methyl sites for hydroxylation is 2. The summed E-state index contributed by atoms with van der Waals surface area (Å²) in [7, 11) is 1.94. The molecule has 0 aliphatic carbocycles. The molecule has 0 aliphatic rings. The van der Waals surface area contributed by atoms with Crippen molar-refractivity contribution in [3.63, 3.8) is 0 Å². The molecule has 0 bridgehead atoms. The van der Waals surface area contributed by atoms with E-state index in [9.17, 15) is 9.90 Å². The molecule has 0 spiro atoms. The van der Waals surface area contributed by atoms with Crippen molar-refractivity contribution in [2.75, 3.05) is 0 Å². The van der Waals surface area contributed by atoms with Gasteiger partial charge in [0, 0.05) is 31.5 Å². The number of nitrogens with zero attached hydrogens (tertiary/aromatic N) is 1. The van der Waals surface area contributed by atoms with E-state index in [2.05, 4.69) is 5.32 Å². The maximum atomic E-state index is 11.9. The Kier molecular flexibility index (Phi) is 3.37.